The highest BCUT2D eigenvalue weighted by Crippen LogP contribution is 2.19. The van der Waals surface area contributed by atoms with E-state index in [1.807, 2.05) is 29.2 Å². The minimum atomic E-state index is 0.173. The number of likely N-dealkylation sites (tertiary alicyclic amines) is 1. The molecule has 0 radical (unpaired) electrons. The fraction of sp³-hybridized carbons (Fsp3) is 0.500. The zero-order chi connectivity index (χ0) is 12.3. The molecule has 0 saturated carbocycles. The lowest BCUT2D eigenvalue weighted by Crippen LogP contribution is -2.38. The molecule has 0 spiro atoms. The standard InChI is InChI=1S/C14H18BrNO/c1-11-5-3-2-4-10-16(11)14(17)12-6-8-13(15)9-7-12/h6-9,11H,2-5,10H2,1H3. The number of rotatable bonds is 1. The van der Waals surface area contributed by atoms with Crippen molar-refractivity contribution in [3.8, 4) is 0 Å². The van der Waals surface area contributed by atoms with Gasteiger partial charge in [-0.25, -0.2) is 0 Å². The Bertz CT molecular complexity index is 388. The van der Waals surface area contributed by atoms with Crippen molar-refractivity contribution in [2.45, 2.75) is 38.6 Å². The first-order valence-electron chi connectivity index (χ1n) is 6.25. The maximum atomic E-state index is 12.4. The van der Waals surface area contributed by atoms with Gasteiger partial charge in [-0.2, -0.15) is 0 Å². The molecular weight excluding hydrogens is 278 g/mol. The minimum absolute atomic E-state index is 0.173. The van der Waals surface area contributed by atoms with E-state index in [9.17, 15) is 4.79 Å². The van der Waals surface area contributed by atoms with E-state index in [1.54, 1.807) is 0 Å². The molecule has 2 rings (SSSR count). The first-order chi connectivity index (χ1) is 8.18. The van der Waals surface area contributed by atoms with Crippen LogP contribution in [-0.2, 0) is 0 Å². The third-order valence-corrected chi connectivity index (χ3v) is 3.93. The van der Waals surface area contributed by atoms with Gasteiger partial charge in [-0.15, -0.1) is 0 Å². The monoisotopic (exact) mass is 295 g/mol. The summed E-state index contributed by atoms with van der Waals surface area (Å²) in [6, 6.07) is 8.01. The molecule has 2 nitrogen and oxygen atoms in total. The number of amides is 1. The van der Waals surface area contributed by atoms with E-state index in [0.717, 1.165) is 29.4 Å². The summed E-state index contributed by atoms with van der Waals surface area (Å²) in [6.45, 7) is 3.05. The Kier molecular flexibility index (Phi) is 4.21. The van der Waals surface area contributed by atoms with Crippen molar-refractivity contribution in [1.82, 2.24) is 4.90 Å². The minimum Gasteiger partial charge on any atom is -0.336 e. The predicted octanol–water partition coefficient (Wildman–Crippen LogP) is 3.85. The second-order valence-electron chi connectivity index (χ2n) is 4.70. The van der Waals surface area contributed by atoms with Crippen molar-refractivity contribution >= 4 is 21.8 Å². The van der Waals surface area contributed by atoms with E-state index in [2.05, 4.69) is 22.9 Å². The average molecular weight is 296 g/mol. The van der Waals surface area contributed by atoms with Gasteiger partial charge in [0.2, 0.25) is 0 Å². The van der Waals surface area contributed by atoms with Crippen molar-refractivity contribution in [2.24, 2.45) is 0 Å². The predicted molar refractivity (Wildman–Crippen MR) is 73.1 cm³/mol. The lowest BCUT2D eigenvalue weighted by atomic mass is 10.1. The molecule has 0 aliphatic carbocycles. The van der Waals surface area contributed by atoms with E-state index in [1.165, 1.54) is 12.8 Å². The van der Waals surface area contributed by atoms with E-state index in [-0.39, 0.29) is 5.91 Å². The van der Waals surface area contributed by atoms with Crippen molar-refractivity contribution in [2.75, 3.05) is 6.54 Å². The molecule has 3 heteroatoms. The molecule has 1 aliphatic heterocycles. The van der Waals surface area contributed by atoms with Crippen LogP contribution in [0.1, 0.15) is 43.0 Å². The summed E-state index contributed by atoms with van der Waals surface area (Å²) in [5, 5.41) is 0. The smallest absolute Gasteiger partial charge is 0.254 e. The maximum absolute atomic E-state index is 12.4. The quantitative estimate of drug-likeness (QED) is 0.770. The van der Waals surface area contributed by atoms with E-state index >= 15 is 0 Å². The van der Waals surface area contributed by atoms with Crippen LogP contribution in [0.5, 0.6) is 0 Å². The summed E-state index contributed by atoms with van der Waals surface area (Å²) < 4.78 is 1.01. The number of nitrogens with zero attached hydrogens (tertiary/aromatic N) is 1. The van der Waals surface area contributed by atoms with Crippen molar-refractivity contribution < 1.29 is 4.79 Å². The van der Waals surface area contributed by atoms with Gasteiger partial charge < -0.3 is 4.90 Å². The van der Waals surface area contributed by atoms with Crippen LogP contribution < -0.4 is 0 Å². The molecule has 1 unspecified atom stereocenters. The number of carbonyl (C=O) groups is 1. The molecule has 0 aromatic heterocycles. The molecule has 92 valence electrons. The largest absolute Gasteiger partial charge is 0.336 e. The van der Waals surface area contributed by atoms with E-state index in [0.29, 0.717) is 6.04 Å². The summed E-state index contributed by atoms with van der Waals surface area (Å²) in [6.07, 6.45) is 4.74. The highest BCUT2D eigenvalue weighted by atomic mass is 79.9. The van der Waals surface area contributed by atoms with Gasteiger partial charge in [-0.1, -0.05) is 28.8 Å². The lowest BCUT2D eigenvalue weighted by Gasteiger charge is -2.27. The molecular formula is C14H18BrNO. The first kappa shape index (κ1) is 12.6. The maximum Gasteiger partial charge on any atom is 0.254 e. The van der Waals surface area contributed by atoms with Gasteiger partial charge in [-0.3, -0.25) is 4.79 Å². The summed E-state index contributed by atoms with van der Waals surface area (Å²) in [4.78, 5) is 14.4. The zero-order valence-corrected chi connectivity index (χ0v) is 11.7. The second kappa shape index (κ2) is 5.67. The SMILES string of the molecule is CC1CCCCCN1C(=O)c1ccc(Br)cc1. The third-order valence-electron chi connectivity index (χ3n) is 3.41. The molecule has 0 bridgehead atoms. The van der Waals surface area contributed by atoms with E-state index in [4.69, 9.17) is 0 Å². The molecule has 1 heterocycles. The topological polar surface area (TPSA) is 20.3 Å². The Morgan fingerprint density at radius 2 is 1.94 bits per heavy atom. The molecule has 1 aliphatic rings. The van der Waals surface area contributed by atoms with Crippen LogP contribution >= 0.6 is 15.9 Å². The van der Waals surface area contributed by atoms with Crippen LogP contribution in [0.2, 0.25) is 0 Å². The lowest BCUT2D eigenvalue weighted by molar-refractivity contribution is 0.0698. The molecule has 17 heavy (non-hydrogen) atoms. The highest BCUT2D eigenvalue weighted by Gasteiger charge is 2.22. The van der Waals surface area contributed by atoms with Gasteiger partial charge in [0.25, 0.3) is 5.91 Å². The van der Waals surface area contributed by atoms with Crippen molar-refractivity contribution in [1.29, 1.82) is 0 Å². The number of hydrogen-bond donors (Lipinski definition) is 0. The molecule has 0 N–H and O–H groups in total. The Morgan fingerprint density at radius 1 is 1.24 bits per heavy atom. The second-order valence-corrected chi connectivity index (χ2v) is 5.62. The number of benzene rings is 1. The van der Waals surface area contributed by atoms with Crippen LogP contribution in [0.25, 0.3) is 0 Å². The Labute approximate surface area is 111 Å². The summed E-state index contributed by atoms with van der Waals surface area (Å²) in [7, 11) is 0. The van der Waals surface area contributed by atoms with Crippen LogP contribution in [0, 0.1) is 0 Å². The molecule has 1 atom stereocenters. The Morgan fingerprint density at radius 3 is 2.65 bits per heavy atom. The fourth-order valence-corrected chi connectivity index (χ4v) is 2.60. The van der Waals surface area contributed by atoms with Crippen molar-refractivity contribution in [3.05, 3.63) is 34.3 Å². The van der Waals surface area contributed by atoms with Crippen LogP contribution in [0.3, 0.4) is 0 Å². The zero-order valence-electron chi connectivity index (χ0n) is 10.2. The molecule has 1 amide bonds. The Balaban J connectivity index is 2.15. The molecule has 1 aromatic rings. The van der Waals surface area contributed by atoms with Gasteiger partial charge in [-0.05, 0) is 44.0 Å². The molecule has 1 saturated heterocycles. The summed E-state index contributed by atoms with van der Waals surface area (Å²) >= 11 is 3.39. The van der Waals surface area contributed by atoms with Gasteiger partial charge in [0.05, 0.1) is 0 Å². The average Bonchev–Trinajstić information content (AvgIpc) is 2.54. The third kappa shape index (κ3) is 3.09. The number of halogens is 1. The summed E-state index contributed by atoms with van der Waals surface area (Å²) in [5.74, 6) is 0.173. The number of carbonyl (C=O) groups excluding carboxylic acids is 1. The molecule has 1 aromatic carbocycles. The summed E-state index contributed by atoms with van der Waals surface area (Å²) in [5.41, 5.74) is 0.793. The van der Waals surface area contributed by atoms with Crippen molar-refractivity contribution in [3.63, 3.8) is 0 Å². The van der Waals surface area contributed by atoms with Crippen LogP contribution in [0.4, 0.5) is 0 Å². The molecule has 1 fully saturated rings. The van der Waals surface area contributed by atoms with Gasteiger partial charge >= 0.3 is 0 Å². The van der Waals surface area contributed by atoms with Gasteiger partial charge in [0, 0.05) is 22.6 Å². The number of hydrogen-bond acceptors (Lipinski definition) is 1. The van der Waals surface area contributed by atoms with E-state index < -0.39 is 0 Å². The highest BCUT2D eigenvalue weighted by molar-refractivity contribution is 9.10. The van der Waals surface area contributed by atoms with Crippen LogP contribution in [0.15, 0.2) is 28.7 Å². The van der Waals surface area contributed by atoms with Gasteiger partial charge in [0.15, 0.2) is 0 Å². The Hall–Kier alpha value is -0.830. The normalized spacial score (nSPS) is 21.1. The van der Waals surface area contributed by atoms with Gasteiger partial charge in [0.1, 0.15) is 0 Å². The van der Waals surface area contributed by atoms with Crippen LogP contribution in [-0.4, -0.2) is 23.4 Å². The fourth-order valence-electron chi connectivity index (χ4n) is 2.33. The first-order valence-corrected chi connectivity index (χ1v) is 7.04.